The fourth-order valence-electron chi connectivity index (χ4n) is 3.52. The number of nitrogens with zero attached hydrogens (tertiary/aromatic N) is 4. The number of hydrogen-bond donors (Lipinski definition) is 1. The van der Waals surface area contributed by atoms with Gasteiger partial charge in [-0.25, -0.2) is 26.9 Å². The van der Waals surface area contributed by atoms with Gasteiger partial charge in [0.1, 0.15) is 12.7 Å². The quantitative estimate of drug-likeness (QED) is 0.603. The summed E-state index contributed by atoms with van der Waals surface area (Å²) in [4.78, 5) is 16.4. The standard InChI is InChI=1S/C20H18ClF2N5O3S/c21-14-1-4-19(28-12-24-11-25-28)18(9-14)26-20(29)13-5-7-27(8-6-13)32(30,31)15-2-3-16(22)17(23)10-15/h1-4,9-13H,5-8H2,(H,26,29). The van der Waals surface area contributed by atoms with E-state index >= 15 is 0 Å². The summed E-state index contributed by atoms with van der Waals surface area (Å²) in [5.74, 6) is -3.07. The van der Waals surface area contributed by atoms with Crippen LogP contribution in [0.3, 0.4) is 0 Å². The van der Waals surface area contributed by atoms with Crippen molar-refractivity contribution >= 4 is 33.2 Å². The van der Waals surface area contributed by atoms with E-state index in [2.05, 4.69) is 15.4 Å². The summed E-state index contributed by atoms with van der Waals surface area (Å²) >= 11 is 6.08. The van der Waals surface area contributed by atoms with Crippen molar-refractivity contribution in [3.05, 3.63) is 65.7 Å². The molecule has 0 bridgehead atoms. The molecule has 1 aliphatic heterocycles. The van der Waals surface area contributed by atoms with Crippen molar-refractivity contribution in [2.24, 2.45) is 5.92 Å². The number of hydrogen-bond acceptors (Lipinski definition) is 5. The SMILES string of the molecule is O=C(Nc1cc(Cl)ccc1-n1cncn1)C1CCN(S(=O)(=O)c2ccc(F)c(F)c2)CC1. The van der Waals surface area contributed by atoms with E-state index in [1.165, 1.54) is 21.6 Å². The molecule has 8 nitrogen and oxygen atoms in total. The van der Waals surface area contributed by atoms with Gasteiger partial charge in [-0.1, -0.05) is 11.6 Å². The Labute approximate surface area is 187 Å². The molecule has 168 valence electrons. The molecule has 2 aromatic carbocycles. The number of piperidine rings is 1. The molecule has 3 aromatic rings. The number of anilines is 1. The minimum Gasteiger partial charge on any atom is -0.324 e. The third-order valence-corrected chi connectivity index (χ3v) is 7.37. The van der Waals surface area contributed by atoms with Crippen molar-refractivity contribution in [2.75, 3.05) is 18.4 Å². The third-order valence-electron chi connectivity index (χ3n) is 5.24. The zero-order chi connectivity index (χ0) is 22.9. The first kappa shape index (κ1) is 22.3. The Morgan fingerprint density at radius 3 is 2.50 bits per heavy atom. The van der Waals surface area contributed by atoms with Gasteiger partial charge in [-0.05, 0) is 49.2 Å². The maximum absolute atomic E-state index is 13.5. The smallest absolute Gasteiger partial charge is 0.243 e. The second-order valence-corrected chi connectivity index (χ2v) is 9.62. The number of carbonyl (C=O) groups excluding carboxylic acids is 1. The molecule has 4 rings (SSSR count). The van der Waals surface area contributed by atoms with Crippen LogP contribution in [0, 0.1) is 17.6 Å². The molecule has 1 fully saturated rings. The molecule has 0 atom stereocenters. The number of carbonyl (C=O) groups is 1. The van der Waals surface area contributed by atoms with Gasteiger partial charge >= 0.3 is 0 Å². The normalized spacial score (nSPS) is 15.6. The summed E-state index contributed by atoms with van der Waals surface area (Å²) < 4.78 is 54.8. The highest BCUT2D eigenvalue weighted by Crippen LogP contribution is 2.28. The summed E-state index contributed by atoms with van der Waals surface area (Å²) in [7, 11) is -3.99. The number of nitrogens with one attached hydrogen (secondary N) is 1. The molecule has 1 aromatic heterocycles. The van der Waals surface area contributed by atoms with Gasteiger partial charge in [0.25, 0.3) is 0 Å². The van der Waals surface area contributed by atoms with Gasteiger partial charge in [0.05, 0.1) is 16.3 Å². The van der Waals surface area contributed by atoms with E-state index < -0.39 is 27.6 Å². The lowest BCUT2D eigenvalue weighted by atomic mass is 9.97. The number of halogens is 3. The van der Waals surface area contributed by atoms with Gasteiger partial charge in [0.15, 0.2) is 11.6 Å². The molecule has 1 N–H and O–H groups in total. The van der Waals surface area contributed by atoms with Crippen molar-refractivity contribution in [1.29, 1.82) is 0 Å². The summed E-state index contributed by atoms with van der Waals surface area (Å²) in [6, 6.07) is 7.42. The van der Waals surface area contributed by atoms with Crippen LogP contribution in [0.25, 0.3) is 5.69 Å². The zero-order valence-electron chi connectivity index (χ0n) is 16.6. The van der Waals surface area contributed by atoms with Gasteiger partial charge in [-0.3, -0.25) is 4.79 Å². The second-order valence-electron chi connectivity index (χ2n) is 7.25. The van der Waals surface area contributed by atoms with Crippen LogP contribution in [0.1, 0.15) is 12.8 Å². The lowest BCUT2D eigenvalue weighted by Crippen LogP contribution is -2.41. The van der Waals surface area contributed by atoms with E-state index in [1.54, 1.807) is 18.2 Å². The fraction of sp³-hybridized carbons (Fsp3) is 0.250. The Kier molecular flexibility index (Phi) is 6.22. The molecular formula is C20H18ClF2N5O3S. The lowest BCUT2D eigenvalue weighted by molar-refractivity contribution is -0.120. The highest BCUT2D eigenvalue weighted by molar-refractivity contribution is 7.89. The van der Waals surface area contributed by atoms with Gasteiger partial charge in [-0.15, -0.1) is 0 Å². The van der Waals surface area contributed by atoms with E-state index in [1.807, 2.05) is 0 Å². The summed E-state index contributed by atoms with van der Waals surface area (Å²) in [5.41, 5.74) is 1.03. The number of amides is 1. The predicted octanol–water partition coefficient (Wildman–Crippen LogP) is 3.24. The van der Waals surface area contributed by atoms with Crippen molar-refractivity contribution in [2.45, 2.75) is 17.7 Å². The molecule has 0 unspecified atom stereocenters. The highest BCUT2D eigenvalue weighted by Gasteiger charge is 2.32. The molecule has 12 heteroatoms. The first-order chi connectivity index (χ1) is 15.3. The monoisotopic (exact) mass is 481 g/mol. The minimum absolute atomic E-state index is 0.0743. The van der Waals surface area contributed by atoms with E-state index in [9.17, 15) is 22.0 Å². The molecule has 0 saturated carbocycles. The largest absolute Gasteiger partial charge is 0.324 e. The Morgan fingerprint density at radius 1 is 1.09 bits per heavy atom. The molecule has 0 radical (unpaired) electrons. The first-order valence-electron chi connectivity index (χ1n) is 9.66. The molecule has 32 heavy (non-hydrogen) atoms. The van der Waals surface area contributed by atoms with Crippen molar-refractivity contribution in [3.63, 3.8) is 0 Å². The summed E-state index contributed by atoms with van der Waals surface area (Å²) in [6.45, 7) is 0.149. The second kappa shape index (κ2) is 8.93. The molecule has 1 amide bonds. The third kappa shape index (κ3) is 4.50. The van der Waals surface area contributed by atoms with Crippen molar-refractivity contribution in [3.8, 4) is 5.69 Å². The van der Waals surface area contributed by atoms with Gasteiger partial charge in [0, 0.05) is 24.0 Å². The number of rotatable bonds is 5. The number of aromatic nitrogens is 3. The maximum atomic E-state index is 13.5. The molecular weight excluding hydrogens is 464 g/mol. The van der Waals surface area contributed by atoms with Crippen molar-refractivity contribution < 1.29 is 22.0 Å². The van der Waals surface area contributed by atoms with Gasteiger partial charge in [0.2, 0.25) is 15.9 Å². The van der Waals surface area contributed by atoms with Gasteiger partial charge in [-0.2, -0.15) is 9.40 Å². The zero-order valence-corrected chi connectivity index (χ0v) is 18.2. The fourth-order valence-corrected chi connectivity index (χ4v) is 5.17. The van der Waals surface area contributed by atoms with E-state index in [0.717, 1.165) is 12.1 Å². The van der Waals surface area contributed by atoms with Crippen LogP contribution >= 0.6 is 11.6 Å². The molecule has 2 heterocycles. The number of benzene rings is 2. The van der Waals surface area contributed by atoms with Crippen molar-refractivity contribution in [1.82, 2.24) is 19.1 Å². The van der Waals surface area contributed by atoms with Crippen LogP contribution in [0.5, 0.6) is 0 Å². The van der Waals surface area contributed by atoms with Crippen LogP contribution in [0.4, 0.5) is 14.5 Å². The Hall–Kier alpha value is -2.89. The molecule has 1 saturated heterocycles. The Bertz CT molecular complexity index is 1250. The topological polar surface area (TPSA) is 97.2 Å². The van der Waals surface area contributed by atoms with E-state index in [4.69, 9.17) is 11.6 Å². The van der Waals surface area contributed by atoms with Crippen LogP contribution in [0.2, 0.25) is 5.02 Å². The Morgan fingerprint density at radius 2 is 1.84 bits per heavy atom. The van der Waals surface area contributed by atoms with E-state index in [-0.39, 0.29) is 36.7 Å². The molecule has 1 aliphatic rings. The first-order valence-corrected chi connectivity index (χ1v) is 11.5. The van der Waals surface area contributed by atoms with Crippen LogP contribution in [-0.2, 0) is 14.8 Å². The Balaban J connectivity index is 1.44. The minimum atomic E-state index is -3.99. The highest BCUT2D eigenvalue weighted by atomic mass is 35.5. The average molecular weight is 482 g/mol. The lowest BCUT2D eigenvalue weighted by Gasteiger charge is -2.30. The predicted molar refractivity (Wildman–Crippen MR) is 113 cm³/mol. The van der Waals surface area contributed by atoms with Gasteiger partial charge < -0.3 is 5.32 Å². The average Bonchev–Trinajstić information content (AvgIpc) is 3.30. The van der Waals surface area contributed by atoms with E-state index in [0.29, 0.717) is 22.5 Å². The van der Waals surface area contributed by atoms with Crippen LogP contribution in [-0.4, -0.2) is 46.5 Å². The number of sulfonamides is 1. The van der Waals surface area contributed by atoms with Crippen LogP contribution in [0.15, 0.2) is 53.9 Å². The summed E-state index contributed by atoms with van der Waals surface area (Å²) in [5, 5.41) is 7.33. The molecule has 0 aliphatic carbocycles. The molecule has 0 spiro atoms. The summed E-state index contributed by atoms with van der Waals surface area (Å²) in [6.07, 6.45) is 3.39. The maximum Gasteiger partial charge on any atom is 0.243 e. The van der Waals surface area contributed by atoms with Crippen LogP contribution < -0.4 is 5.32 Å².